The molecule has 0 fully saturated rings. The number of fused-ring (bicyclic) bond motifs is 1. The maximum atomic E-state index is 5.35. The molecule has 0 spiro atoms. The highest BCUT2D eigenvalue weighted by Crippen LogP contribution is 2.27. The maximum absolute atomic E-state index is 5.35. The van der Waals surface area contributed by atoms with Crippen LogP contribution in [0.2, 0.25) is 0 Å². The van der Waals surface area contributed by atoms with E-state index in [1.165, 1.54) is 24.8 Å². The van der Waals surface area contributed by atoms with Gasteiger partial charge in [-0.2, -0.15) is 4.98 Å². The molecule has 4 rings (SSSR count). The van der Waals surface area contributed by atoms with Crippen molar-refractivity contribution >= 4 is 17.5 Å². The Morgan fingerprint density at radius 2 is 2.00 bits per heavy atom. The molecule has 1 aromatic carbocycles. The third-order valence-corrected chi connectivity index (χ3v) is 5.18. The molecule has 152 valence electrons. The fourth-order valence-electron chi connectivity index (χ4n) is 3.54. The van der Waals surface area contributed by atoms with Crippen LogP contribution in [0.4, 0.5) is 17.5 Å². The molecule has 1 aliphatic rings. The van der Waals surface area contributed by atoms with Gasteiger partial charge >= 0.3 is 0 Å². The van der Waals surface area contributed by atoms with Crippen molar-refractivity contribution in [1.82, 2.24) is 19.9 Å². The molecule has 3 aromatic rings. The molecular formula is C22H28N6O. The van der Waals surface area contributed by atoms with Crippen molar-refractivity contribution in [3.05, 3.63) is 48.1 Å². The number of benzene rings is 1. The molecule has 0 unspecified atom stereocenters. The Kier molecular flexibility index (Phi) is 6.05. The zero-order valence-electron chi connectivity index (χ0n) is 17.1. The third kappa shape index (κ3) is 4.74. The smallest absolute Gasteiger partial charge is 0.229 e. The second-order valence-corrected chi connectivity index (χ2v) is 7.51. The lowest BCUT2D eigenvalue weighted by Gasteiger charge is -2.26. The monoisotopic (exact) mass is 392 g/mol. The summed E-state index contributed by atoms with van der Waals surface area (Å²) in [7, 11) is 2.14. The number of hydrogen-bond donors (Lipinski definition) is 2. The maximum Gasteiger partial charge on any atom is 0.229 e. The molecule has 0 atom stereocenters. The van der Waals surface area contributed by atoms with Crippen molar-refractivity contribution in [2.24, 2.45) is 0 Å². The molecule has 3 heterocycles. The molecule has 2 aromatic heterocycles. The lowest BCUT2D eigenvalue weighted by atomic mass is 10.1. The van der Waals surface area contributed by atoms with Gasteiger partial charge in [0.15, 0.2) is 12.2 Å². The van der Waals surface area contributed by atoms with Crippen molar-refractivity contribution in [2.75, 3.05) is 30.8 Å². The minimum Gasteiger partial charge on any atom is -0.444 e. The van der Waals surface area contributed by atoms with E-state index in [9.17, 15) is 0 Å². The number of unbranched alkanes of at least 4 members (excludes halogenated alkanes) is 2. The van der Waals surface area contributed by atoms with E-state index in [1.807, 2.05) is 24.3 Å². The molecule has 0 amide bonds. The number of nitrogens with zero attached hydrogens (tertiary/aromatic N) is 4. The van der Waals surface area contributed by atoms with E-state index in [4.69, 9.17) is 14.4 Å². The van der Waals surface area contributed by atoms with Gasteiger partial charge in [0.05, 0.1) is 11.9 Å². The summed E-state index contributed by atoms with van der Waals surface area (Å²) >= 11 is 0. The van der Waals surface area contributed by atoms with E-state index in [-0.39, 0.29) is 0 Å². The Bertz CT molecular complexity index is 923. The Labute approximate surface area is 171 Å². The summed E-state index contributed by atoms with van der Waals surface area (Å²) in [6.45, 7) is 5.06. The molecule has 7 heteroatoms. The molecular weight excluding hydrogens is 364 g/mol. The highest BCUT2D eigenvalue weighted by atomic mass is 16.3. The number of likely N-dealkylation sites (N-methyl/N-ethyl adjacent to an activating group) is 1. The van der Waals surface area contributed by atoms with Gasteiger partial charge in [-0.3, -0.25) is 0 Å². The quantitative estimate of drug-likeness (QED) is 0.548. The zero-order valence-corrected chi connectivity index (χ0v) is 17.1. The largest absolute Gasteiger partial charge is 0.444 e. The van der Waals surface area contributed by atoms with Gasteiger partial charge < -0.3 is 20.0 Å². The number of rotatable bonds is 8. The van der Waals surface area contributed by atoms with Crippen molar-refractivity contribution in [3.8, 4) is 11.3 Å². The van der Waals surface area contributed by atoms with Gasteiger partial charge in [-0.1, -0.05) is 19.8 Å². The summed E-state index contributed by atoms with van der Waals surface area (Å²) < 4.78 is 5.35. The van der Waals surface area contributed by atoms with Crippen molar-refractivity contribution in [3.63, 3.8) is 0 Å². The summed E-state index contributed by atoms with van der Waals surface area (Å²) in [5.41, 5.74) is 4.29. The van der Waals surface area contributed by atoms with Gasteiger partial charge in [0, 0.05) is 42.9 Å². The Morgan fingerprint density at radius 1 is 1.14 bits per heavy atom. The fraction of sp³-hybridized carbons (Fsp3) is 0.409. The predicted molar refractivity (Wildman–Crippen MR) is 115 cm³/mol. The summed E-state index contributed by atoms with van der Waals surface area (Å²) in [5, 5.41) is 6.90. The Balaban J connectivity index is 1.53. The van der Waals surface area contributed by atoms with Crippen LogP contribution in [0, 0.1) is 0 Å². The highest BCUT2D eigenvalue weighted by Gasteiger charge is 2.20. The van der Waals surface area contributed by atoms with Crippen LogP contribution in [-0.4, -0.2) is 40.0 Å². The van der Waals surface area contributed by atoms with Crippen molar-refractivity contribution < 1.29 is 4.42 Å². The minimum atomic E-state index is 0.638. The first-order valence-electron chi connectivity index (χ1n) is 10.3. The number of aromatic nitrogens is 3. The van der Waals surface area contributed by atoms with Crippen molar-refractivity contribution in [2.45, 2.75) is 39.2 Å². The molecule has 0 saturated heterocycles. The van der Waals surface area contributed by atoms with Gasteiger partial charge in [0.2, 0.25) is 5.95 Å². The second kappa shape index (κ2) is 9.05. The number of nitrogens with one attached hydrogen (secondary N) is 2. The normalized spacial score (nSPS) is 13.9. The lowest BCUT2D eigenvalue weighted by Crippen LogP contribution is -2.29. The molecule has 0 aliphatic carbocycles. The minimum absolute atomic E-state index is 0.638. The van der Waals surface area contributed by atoms with E-state index in [1.54, 1.807) is 6.20 Å². The third-order valence-electron chi connectivity index (χ3n) is 5.18. The summed E-state index contributed by atoms with van der Waals surface area (Å²) in [4.78, 5) is 15.9. The highest BCUT2D eigenvalue weighted by molar-refractivity contribution is 5.64. The molecule has 0 bridgehead atoms. The van der Waals surface area contributed by atoms with Gasteiger partial charge in [0.25, 0.3) is 0 Å². The fourth-order valence-corrected chi connectivity index (χ4v) is 3.54. The van der Waals surface area contributed by atoms with Gasteiger partial charge in [-0.15, -0.1) is 0 Å². The second-order valence-electron chi connectivity index (χ2n) is 7.51. The van der Waals surface area contributed by atoms with Crippen LogP contribution in [0.3, 0.4) is 0 Å². The van der Waals surface area contributed by atoms with Crippen molar-refractivity contribution in [1.29, 1.82) is 0 Å². The van der Waals surface area contributed by atoms with Crippen LogP contribution in [0.5, 0.6) is 0 Å². The van der Waals surface area contributed by atoms with E-state index in [0.717, 1.165) is 61.0 Å². The Hall–Kier alpha value is -2.93. The van der Waals surface area contributed by atoms with Crippen LogP contribution >= 0.6 is 0 Å². The van der Waals surface area contributed by atoms with E-state index in [2.05, 4.69) is 34.5 Å². The lowest BCUT2D eigenvalue weighted by molar-refractivity contribution is 0.310. The molecule has 29 heavy (non-hydrogen) atoms. The summed E-state index contributed by atoms with van der Waals surface area (Å²) in [5.74, 6) is 2.35. The molecule has 7 nitrogen and oxygen atoms in total. The Morgan fingerprint density at radius 3 is 2.76 bits per heavy atom. The summed E-state index contributed by atoms with van der Waals surface area (Å²) in [6.07, 6.45) is 7.68. The first kappa shape index (κ1) is 19.4. The predicted octanol–water partition coefficient (Wildman–Crippen LogP) is 4.47. The van der Waals surface area contributed by atoms with Crippen LogP contribution in [-0.2, 0) is 13.0 Å². The van der Waals surface area contributed by atoms with Gasteiger partial charge in [-0.05, 0) is 37.7 Å². The van der Waals surface area contributed by atoms with Gasteiger partial charge in [0.1, 0.15) is 5.82 Å². The zero-order chi connectivity index (χ0) is 20.1. The first-order valence-corrected chi connectivity index (χ1v) is 10.3. The van der Waals surface area contributed by atoms with E-state index >= 15 is 0 Å². The van der Waals surface area contributed by atoms with Crippen LogP contribution < -0.4 is 10.6 Å². The molecule has 2 N–H and O–H groups in total. The number of anilines is 3. The standard InChI is InChI=1S/C22H28N6O/c1-3-4-5-11-24-21-18-14-28(2)12-10-19(18)26-22(27-21)25-17-8-6-16(7-9-17)20-13-23-15-29-20/h6-9,13,15H,3-5,10-12,14H2,1-2H3,(H2,24,25,26,27). The topological polar surface area (TPSA) is 79.1 Å². The van der Waals surface area contributed by atoms with Gasteiger partial charge in [-0.25, -0.2) is 9.97 Å². The number of hydrogen-bond acceptors (Lipinski definition) is 7. The van der Waals surface area contributed by atoms with Crippen LogP contribution in [0.25, 0.3) is 11.3 Å². The molecule has 0 saturated carbocycles. The van der Waals surface area contributed by atoms with E-state index < -0.39 is 0 Å². The van der Waals surface area contributed by atoms with Crippen LogP contribution in [0.15, 0.2) is 41.3 Å². The van der Waals surface area contributed by atoms with Crippen LogP contribution in [0.1, 0.15) is 37.4 Å². The SMILES string of the molecule is CCCCCNc1nc(Nc2ccc(-c3cnco3)cc2)nc2c1CN(C)CC2. The summed E-state index contributed by atoms with van der Waals surface area (Å²) in [6, 6.07) is 8.01. The first-order chi connectivity index (χ1) is 14.2. The van der Waals surface area contributed by atoms with E-state index in [0.29, 0.717) is 5.95 Å². The molecule has 1 aliphatic heterocycles. The molecule has 0 radical (unpaired) electrons. The average molecular weight is 393 g/mol. The number of oxazole rings is 1. The average Bonchev–Trinajstić information content (AvgIpc) is 3.27.